The summed E-state index contributed by atoms with van der Waals surface area (Å²) in [6, 6.07) is 1.94. The molecule has 2 rings (SSSR count). The lowest BCUT2D eigenvalue weighted by Gasteiger charge is -2.09. The van der Waals surface area contributed by atoms with Gasteiger partial charge in [0.25, 0.3) is 0 Å². The maximum atomic E-state index is 6.26. The van der Waals surface area contributed by atoms with Crippen molar-refractivity contribution < 1.29 is 0 Å². The lowest BCUT2D eigenvalue weighted by molar-refractivity contribution is 0.552. The van der Waals surface area contributed by atoms with Crippen molar-refractivity contribution in [3.05, 3.63) is 40.8 Å². The zero-order valence-electron chi connectivity index (χ0n) is 11.5. The van der Waals surface area contributed by atoms with Crippen LogP contribution in [0.5, 0.6) is 0 Å². The number of nitrogens with one attached hydrogen (secondary N) is 1. The molecule has 2 aromatic rings. The third kappa shape index (κ3) is 3.78. The summed E-state index contributed by atoms with van der Waals surface area (Å²) in [5.74, 6) is 1.30. The first-order chi connectivity index (χ1) is 9.06. The van der Waals surface area contributed by atoms with E-state index in [1.165, 1.54) is 0 Å². The van der Waals surface area contributed by atoms with E-state index in [1.54, 1.807) is 10.9 Å². The fourth-order valence-corrected chi connectivity index (χ4v) is 2.04. The summed E-state index contributed by atoms with van der Waals surface area (Å²) in [5, 5.41) is 8.20. The smallest absolute Gasteiger partial charge is 0.172 e. The molecule has 0 atom stereocenters. The van der Waals surface area contributed by atoms with Crippen molar-refractivity contribution in [1.82, 2.24) is 20.1 Å². The molecule has 0 radical (unpaired) electrons. The van der Waals surface area contributed by atoms with Crippen LogP contribution in [0.1, 0.15) is 25.0 Å². The molecule has 0 fully saturated rings. The Morgan fingerprint density at radius 3 is 2.74 bits per heavy atom. The Bertz CT molecular complexity index is 548. The molecule has 0 aliphatic carbocycles. The van der Waals surface area contributed by atoms with Crippen molar-refractivity contribution in [3.63, 3.8) is 0 Å². The first-order valence-electron chi connectivity index (χ1n) is 6.43. The Labute approximate surface area is 118 Å². The number of nitrogens with zero attached hydrogens (tertiary/aromatic N) is 3. The van der Waals surface area contributed by atoms with Gasteiger partial charge in [-0.2, -0.15) is 5.10 Å². The highest BCUT2D eigenvalue weighted by Crippen LogP contribution is 2.19. The van der Waals surface area contributed by atoms with Gasteiger partial charge in [0.15, 0.2) is 5.82 Å². The van der Waals surface area contributed by atoms with E-state index < -0.39 is 0 Å². The molecule has 0 saturated heterocycles. The van der Waals surface area contributed by atoms with Crippen LogP contribution in [0, 0.1) is 12.8 Å². The fraction of sp³-hybridized carbons (Fsp3) is 0.429. The second-order valence-corrected chi connectivity index (χ2v) is 5.54. The highest BCUT2D eigenvalue weighted by atomic mass is 35.5. The normalized spacial score (nSPS) is 11.2. The zero-order chi connectivity index (χ0) is 13.8. The SMILES string of the molecule is Cc1cnn(-c2ncc(CNCC(C)C)cc2Cl)c1. The molecule has 0 aliphatic rings. The van der Waals surface area contributed by atoms with E-state index in [0.29, 0.717) is 16.8 Å². The Hall–Kier alpha value is -1.39. The van der Waals surface area contributed by atoms with Gasteiger partial charge in [-0.3, -0.25) is 0 Å². The van der Waals surface area contributed by atoms with Crippen LogP contribution in [0.3, 0.4) is 0 Å². The lowest BCUT2D eigenvalue weighted by Crippen LogP contribution is -2.19. The molecule has 0 amide bonds. The van der Waals surface area contributed by atoms with Gasteiger partial charge in [0.2, 0.25) is 0 Å². The molecule has 0 unspecified atom stereocenters. The van der Waals surface area contributed by atoms with Gasteiger partial charge in [-0.15, -0.1) is 0 Å². The Kier molecular flexibility index (Phi) is 4.56. The molecule has 102 valence electrons. The van der Waals surface area contributed by atoms with Gasteiger partial charge in [0, 0.05) is 18.9 Å². The standard InChI is InChI=1S/C14H19ClN4/c1-10(2)5-16-7-12-4-13(15)14(17-8-12)19-9-11(3)6-18-19/h4,6,8-10,16H,5,7H2,1-3H3. The van der Waals surface area contributed by atoms with Gasteiger partial charge in [0.1, 0.15) is 0 Å². The van der Waals surface area contributed by atoms with Crippen LogP contribution in [0.15, 0.2) is 24.7 Å². The fourth-order valence-electron chi connectivity index (χ4n) is 1.77. The summed E-state index contributed by atoms with van der Waals surface area (Å²) in [6.07, 6.45) is 5.53. The first kappa shape index (κ1) is 14.0. The summed E-state index contributed by atoms with van der Waals surface area (Å²) in [5.41, 5.74) is 2.17. The third-order valence-corrected chi connectivity index (χ3v) is 2.97. The van der Waals surface area contributed by atoms with Crippen LogP contribution in [0.25, 0.3) is 5.82 Å². The quantitative estimate of drug-likeness (QED) is 0.914. The molecule has 0 spiro atoms. The van der Waals surface area contributed by atoms with E-state index in [9.17, 15) is 0 Å². The van der Waals surface area contributed by atoms with Crippen LogP contribution in [-0.4, -0.2) is 21.3 Å². The number of aromatic nitrogens is 3. The molecule has 2 heterocycles. The third-order valence-electron chi connectivity index (χ3n) is 2.69. The topological polar surface area (TPSA) is 42.7 Å². The minimum atomic E-state index is 0.618. The van der Waals surface area contributed by atoms with E-state index in [-0.39, 0.29) is 0 Å². The number of hydrogen-bond donors (Lipinski definition) is 1. The van der Waals surface area contributed by atoms with Crippen molar-refractivity contribution in [2.75, 3.05) is 6.54 Å². The minimum Gasteiger partial charge on any atom is -0.312 e. The monoisotopic (exact) mass is 278 g/mol. The molecular formula is C14H19ClN4. The molecular weight excluding hydrogens is 260 g/mol. The van der Waals surface area contributed by atoms with E-state index in [2.05, 4.69) is 29.2 Å². The van der Waals surface area contributed by atoms with Crippen LogP contribution in [-0.2, 0) is 6.54 Å². The Balaban J connectivity index is 2.09. The molecule has 0 aromatic carbocycles. The van der Waals surface area contributed by atoms with Crippen molar-refractivity contribution in [2.24, 2.45) is 5.92 Å². The van der Waals surface area contributed by atoms with Crippen molar-refractivity contribution in [3.8, 4) is 5.82 Å². The second-order valence-electron chi connectivity index (χ2n) is 5.14. The zero-order valence-corrected chi connectivity index (χ0v) is 12.3. The maximum Gasteiger partial charge on any atom is 0.172 e. The molecule has 0 saturated carbocycles. The first-order valence-corrected chi connectivity index (χ1v) is 6.81. The highest BCUT2D eigenvalue weighted by molar-refractivity contribution is 6.32. The van der Waals surface area contributed by atoms with Crippen LogP contribution >= 0.6 is 11.6 Å². The van der Waals surface area contributed by atoms with Crippen molar-refractivity contribution in [1.29, 1.82) is 0 Å². The summed E-state index contributed by atoms with van der Waals surface area (Å²) < 4.78 is 1.70. The Morgan fingerprint density at radius 1 is 1.37 bits per heavy atom. The van der Waals surface area contributed by atoms with Gasteiger partial charge in [-0.05, 0) is 36.6 Å². The van der Waals surface area contributed by atoms with Gasteiger partial charge >= 0.3 is 0 Å². The number of aryl methyl sites for hydroxylation is 1. The van der Waals surface area contributed by atoms with Crippen molar-refractivity contribution in [2.45, 2.75) is 27.3 Å². The summed E-state index contributed by atoms with van der Waals surface area (Å²) >= 11 is 6.26. The molecule has 5 heteroatoms. The van der Waals surface area contributed by atoms with Crippen LogP contribution in [0.2, 0.25) is 5.02 Å². The highest BCUT2D eigenvalue weighted by Gasteiger charge is 2.07. The van der Waals surface area contributed by atoms with E-state index in [0.717, 1.165) is 24.2 Å². The second kappa shape index (κ2) is 6.17. The summed E-state index contributed by atoms with van der Waals surface area (Å²) in [7, 11) is 0. The molecule has 4 nitrogen and oxygen atoms in total. The van der Waals surface area contributed by atoms with E-state index in [1.807, 2.05) is 25.4 Å². The van der Waals surface area contributed by atoms with Crippen LogP contribution in [0.4, 0.5) is 0 Å². The maximum absolute atomic E-state index is 6.26. The Morgan fingerprint density at radius 2 is 2.16 bits per heavy atom. The van der Waals surface area contributed by atoms with Crippen molar-refractivity contribution >= 4 is 11.6 Å². The van der Waals surface area contributed by atoms with Gasteiger partial charge in [0.05, 0.1) is 11.2 Å². The number of hydrogen-bond acceptors (Lipinski definition) is 3. The average molecular weight is 279 g/mol. The molecule has 19 heavy (non-hydrogen) atoms. The molecule has 0 aliphatic heterocycles. The van der Waals surface area contributed by atoms with E-state index >= 15 is 0 Å². The number of pyridine rings is 1. The van der Waals surface area contributed by atoms with Crippen LogP contribution < -0.4 is 5.32 Å². The predicted octanol–water partition coefficient (Wildman–Crippen LogP) is 2.97. The lowest BCUT2D eigenvalue weighted by atomic mass is 10.2. The van der Waals surface area contributed by atoms with Gasteiger partial charge < -0.3 is 5.32 Å². The average Bonchev–Trinajstić information content (AvgIpc) is 2.75. The molecule has 2 aromatic heterocycles. The predicted molar refractivity (Wildman–Crippen MR) is 77.7 cm³/mol. The van der Waals surface area contributed by atoms with Gasteiger partial charge in [-0.25, -0.2) is 9.67 Å². The molecule has 0 bridgehead atoms. The molecule has 1 N–H and O–H groups in total. The van der Waals surface area contributed by atoms with Gasteiger partial charge in [-0.1, -0.05) is 25.4 Å². The van der Waals surface area contributed by atoms with E-state index in [4.69, 9.17) is 11.6 Å². The number of halogens is 1. The minimum absolute atomic E-state index is 0.618. The summed E-state index contributed by atoms with van der Waals surface area (Å²) in [6.45, 7) is 8.12. The summed E-state index contributed by atoms with van der Waals surface area (Å²) in [4.78, 5) is 4.39. The number of rotatable bonds is 5. The largest absolute Gasteiger partial charge is 0.312 e.